The summed E-state index contributed by atoms with van der Waals surface area (Å²) in [7, 11) is 0. The Labute approximate surface area is 175 Å². The van der Waals surface area contributed by atoms with Crippen LogP contribution in [0.25, 0.3) is 0 Å². The van der Waals surface area contributed by atoms with Gasteiger partial charge in [-0.2, -0.15) is 0 Å². The Morgan fingerprint density at radius 1 is 1.00 bits per heavy atom. The largest absolute Gasteiger partial charge is 0.486 e. The van der Waals surface area contributed by atoms with E-state index in [9.17, 15) is 24.6 Å². The second-order valence-corrected chi connectivity index (χ2v) is 9.57. The smallest absolute Gasteiger partial charge is 0.410 e. The van der Waals surface area contributed by atoms with Gasteiger partial charge >= 0.3 is 18.0 Å². The quantitative estimate of drug-likeness (QED) is 0.695. The SMILES string of the molecule is CC(C)(C)OC(=O)N1CCC2(CC1)COC1=CC(C)(C(=O)O)C(C)(C(=O)O)C=C1O2. The Morgan fingerprint density at radius 3 is 1.97 bits per heavy atom. The Balaban J connectivity index is 1.79. The van der Waals surface area contributed by atoms with Gasteiger partial charge in [-0.15, -0.1) is 0 Å². The standard InChI is InChI=1S/C21H29NO8/c1-18(2,3)30-17(27)22-8-6-21(7-9-22)12-28-13-10-19(4,15(23)24)20(5,16(25)26)11-14(13)29-21/h10-11H,6-9,12H2,1-5H3,(H,23,24)(H,25,26). The van der Waals surface area contributed by atoms with Crippen molar-refractivity contribution in [2.24, 2.45) is 10.8 Å². The van der Waals surface area contributed by atoms with Gasteiger partial charge in [-0.1, -0.05) is 0 Å². The molecular weight excluding hydrogens is 394 g/mol. The Hall–Kier alpha value is -2.71. The van der Waals surface area contributed by atoms with Crippen LogP contribution in [0.4, 0.5) is 4.79 Å². The molecule has 0 bridgehead atoms. The van der Waals surface area contributed by atoms with Crippen LogP contribution in [0.15, 0.2) is 23.7 Å². The lowest BCUT2D eigenvalue weighted by Gasteiger charge is -2.48. The van der Waals surface area contributed by atoms with E-state index >= 15 is 0 Å². The van der Waals surface area contributed by atoms with E-state index in [-0.39, 0.29) is 24.2 Å². The van der Waals surface area contributed by atoms with Gasteiger partial charge in [0.25, 0.3) is 0 Å². The van der Waals surface area contributed by atoms with Gasteiger partial charge in [0.15, 0.2) is 11.5 Å². The molecule has 2 atom stereocenters. The van der Waals surface area contributed by atoms with Gasteiger partial charge in [0, 0.05) is 25.9 Å². The van der Waals surface area contributed by atoms with E-state index < -0.39 is 34.0 Å². The van der Waals surface area contributed by atoms with Crippen molar-refractivity contribution in [2.75, 3.05) is 19.7 Å². The number of carbonyl (C=O) groups excluding carboxylic acids is 1. The molecule has 3 rings (SSSR count). The summed E-state index contributed by atoms with van der Waals surface area (Å²) in [5.74, 6) is -2.06. The first-order chi connectivity index (χ1) is 13.7. The van der Waals surface area contributed by atoms with E-state index in [4.69, 9.17) is 14.2 Å². The van der Waals surface area contributed by atoms with Gasteiger partial charge in [-0.25, -0.2) is 4.79 Å². The normalized spacial score (nSPS) is 30.2. The van der Waals surface area contributed by atoms with E-state index in [0.29, 0.717) is 25.9 Å². The number of carboxylic acid groups (broad SMARTS) is 2. The highest BCUT2D eigenvalue weighted by Crippen LogP contribution is 2.51. The van der Waals surface area contributed by atoms with Crippen molar-refractivity contribution in [1.82, 2.24) is 4.90 Å². The number of aliphatic carboxylic acids is 2. The highest BCUT2D eigenvalue weighted by molar-refractivity contribution is 5.90. The molecule has 0 saturated carbocycles. The average Bonchev–Trinajstić information content (AvgIpc) is 2.62. The predicted molar refractivity (Wildman–Crippen MR) is 104 cm³/mol. The first kappa shape index (κ1) is 22.0. The summed E-state index contributed by atoms with van der Waals surface area (Å²) >= 11 is 0. The molecule has 2 N–H and O–H groups in total. The first-order valence-corrected chi connectivity index (χ1v) is 9.94. The molecule has 0 aromatic rings. The summed E-state index contributed by atoms with van der Waals surface area (Å²) in [6, 6.07) is 0. The van der Waals surface area contributed by atoms with Crippen molar-refractivity contribution in [3.8, 4) is 0 Å². The van der Waals surface area contributed by atoms with Crippen LogP contribution in [0, 0.1) is 10.8 Å². The monoisotopic (exact) mass is 423 g/mol. The molecule has 9 heteroatoms. The minimum absolute atomic E-state index is 0.192. The molecule has 3 aliphatic rings. The summed E-state index contributed by atoms with van der Waals surface area (Å²) in [4.78, 5) is 37.8. The summed E-state index contributed by atoms with van der Waals surface area (Å²) in [6.07, 6.45) is 3.23. The molecule has 0 aromatic heterocycles. The second-order valence-electron chi connectivity index (χ2n) is 9.57. The van der Waals surface area contributed by atoms with E-state index in [1.807, 2.05) is 20.8 Å². The number of fused-ring (bicyclic) bond motifs is 1. The molecule has 2 heterocycles. The lowest BCUT2D eigenvalue weighted by atomic mass is 9.62. The van der Waals surface area contributed by atoms with Gasteiger partial charge in [-0.05, 0) is 46.8 Å². The number of likely N-dealkylation sites (tertiary alicyclic amines) is 1. The van der Waals surface area contributed by atoms with Crippen LogP contribution in [0.2, 0.25) is 0 Å². The van der Waals surface area contributed by atoms with E-state index in [2.05, 4.69) is 0 Å². The van der Waals surface area contributed by atoms with Crippen LogP contribution in [0.1, 0.15) is 47.5 Å². The zero-order valence-corrected chi connectivity index (χ0v) is 18.0. The zero-order chi connectivity index (χ0) is 22.5. The van der Waals surface area contributed by atoms with Crippen molar-refractivity contribution in [1.29, 1.82) is 0 Å². The van der Waals surface area contributed by atoms with Gasteiger partial charge in [0.2, 0.25) is 0 Å². The van der Waals surface area contributed by atoms with Crippen LogP contribution in [-0.4, -0.2) is 64.0 Å². The fraction of sp³-hybridized carbons (Fsp3) is 0.667. The Morgan fingerprint density at radius 2 is 1.50 bits per heavy atom. The number of piperidine rings is 1. The van der Waals surface area contributed by atoms with Crippen LogP contribution in [-0.2, 0) is 23.8 Å². The molecule has 0 radical (unpaired) electrons. The number of amides is 1. The van der Waals surface area contributed by atoms with Crippen LogP contribution in [0.5, 0.6) is 0 Å². The van der Waals surface area contributed by atoms with Crippen LogP contribution in [0.3, 0.4) is 0 Å². The van der Waals surface area contributed by atoms with E-state index in [0.717, 1.165) is 0 Å². The molecule has 2 saturated heterocycles. The minimum atomic E-state index is -1.71. The number of hydrogen-bond donors (Lipinski definition) is 2. The molecule has 2 fully saturated rings. The van der Waals surface area contributed by atoms with Crippen LogP contribution >= 0.6 is 0 Å². The Bertz CT molecular complexity index is 830. The van der Waals surface area contributed by atoms with Crippen molar-refractivity contribution in [3.63, 3.8) is 0 Å². The number of ether oxygens (including phenoxy) is 3. The summed E-state index contributed by atoms with van der Waals surface area (Å²) in [6.45, 7) is 9.15. The summed E-state index contributed by atoms with van der Waals surface area (Å²) < 4.78 is 17.5. The predicted octanol–water partition coefficient (Wildman–Crippen LogP) is 2.77. The molecular formula is C21H29NO8. The maximum atomic E-state index is 12.3. The third-order valence-corrected chi connectivity index (χ3v) is 6.19. The molecule has 9 nitrogen and oxygen atoms in total. The summed E-state index contributed by atoms with van der Waals surface area (Å²) in [5.41, 5.74) is -4.69. The lowest BCUT2D eigenvalue weighted by molar-refractivity contribution is -0.165. The molecule has 166 valence electrons. The molecule has 30 heavy (non-hydrogen) atoms. The maximum absolute atomic E-state index is 12.3. The number of nitrogens with zero attached hydrogens (tertiary/aromatic N) is 1. The van der Waals surface area contributed by atoms with Crippen LogP contribution < -0.4 is 0 Å². The molecule has 2 unspecified atom stereocenters. The third-order valence-electron chi connectivity index (χ3n) is 6.19. The fourth-order valence-corrected chi connectivity index (χ4v) is 3.87. The first-order valence-electron chi connectivity index (χ1n) is 9.94. The van der Waals surface area contributed by atoms with Gasteiger partial charge in [-0.3, -0.25) is 9.59 Å². The topological polar surface area (TPSA) is 123 Å². The zero-order valence-electron chi connectivity index (χ0n) is 18.0. The maximum Gasteiger partial charge on any atom is 0.410 e. The van der Waals surface area contributed by atoms with Gasteiger partial charge in [0.05, 0.1) is 0 Å². The Kier molecular flexibility index (Phi) is 5.07. The second kappa shape index (κ2) is 6.92. The van der Waals surface area contributed by atoms with Gasteiger partial charge < -0.3 is 29.3 Å². The molecule has 1 aliphatic carbocycles. The molecule has 1 amide bonds. The minimum Gasteiger partial charge on any atom is -0.486 e. The molecule has 1 spiro atoms. The van der Waals surface area contributed by atoms with Crippen molar-refractivity contribution in [2.45, 2.75) is 58.7 Å². The van der Waals surface area contributed by atoms with Crippen molar-refractivity contribution >= 4 is 18.0 Å². The van der Waals surface area contributed by atoms with E-state index in [1.54, 1.807) is 4.90 Å². The number of hydrogen-bond acceptors (Lipinski definition) is 6. The third kappa shape index (κ3) is 3.61. The van der Waals surface area contributed by atoms with Crippen molar-refractivity contribution in [3.05, 3.63) is 23.7 Å². The number of carbonyl (C=O) groups is 3. The van der Waals surface area contributed by atoms with Crippen molar-refractivity contribution < 1.29 is 38.8 Å². The average molecular weight is 423 g/mol. The lowest BCUT2D eigenvalue weighted by Crippen LogP contribution is -2.54. The molecule has 0 aromatic carbocycles. The fourth-order valence-electron chi connectivity index (χ4n) is 3.87. The highest BCUT2D eigenvalue weighted by Gasteiger charge is 2.58. The number of carboxylic acids is 2. The molecule has 2 aliphatic heterocycles. The van der Waals surface area contributed by atoms with E-state index in [1.165, 1.54) is 26.0 Å². The summed E-state index contributed by atoms with van der Waals surface area (Å²) in [5, 5.41) is 19.5. The van der Waals surface area contributed by atoms with Gasteiger partial charge in [0.1, 0.15) is 28.6 Å². The highest BCUT2D eigenvalue weighted by atomic mass is 16.6. The number of rotatable bonds is 2.